The third-order valence-corrected chi connectivity index (χ3v) is 5.29. The first-order valence-electron chi connectivity index (χ1n) is 7.11. The first-order valence-corrected chi connectivity index (χ1v) is 7.93. The van der Waals surface area contributed by atoms with Crippen LogP contribution < -0.4 is 5.73 Å². The van der Waals surface area contributed by atoms with Crippen LogP contribution in [0.4, 0.5) is 5.69 Å². The van der Waals surface area contributed by atoms with Gasteiger partial charge in [0, 0.05) is 18.1 Å². The smallest absolute Gasteiger partial charge is 0.266 e. The molecule has 0 fully saturated rings. The lowest BCUT2D eigenvalue weighted by atomic mass is 10.1. The molecule has 0 radical (unpaired) electrons. The fourth-order valence-corrected chi connectivity index (χ4v) is 3.72. The van der Waals surface area contributed by atoms with Crippen molar-refractivity contribution in [3.05, 3.63) is 22.2 Å². The average molecular weight is 305 g/mol. The van der Waals surface area contributed by atoms with Gasteiger partial charge in [-0.15, -0.1) is 11.3 Å². The second-order valence-corrected chi connectivity index (χ2v) is 6.59. The highest BCUT2D eigenvalue weighted by molar-refractivity contribution is 7.21. The molecule has 1 unspecified atom stereocenters. The Morgan fingerprint density at radius 3 is 3.05 bits per heavy atom. The standard InChI is InChI=1S/C15H19N3O2S/c1-8(7-19)18(2)15(20)13-12(16)10-6-9-4-3-5-11(9)17-14(10)21-13/h6,8,19H,3-5,7,16H2,1-2H3. The highest BCUT2D eigenvalue weighted by Crippen LogP contribution is 2.36. The first kappa shape index (κ1) is 14.3. The number of aliphatic hydroxyl groups excluding tert-OH is 1. The second kappa shape index (κ2) is 5.27. The molecule has 21 heavy (non-hydrogen) atoms. The number of rotatable bonds is 3. The zero-order valence-electron chi connectivity index (χ0n) is 12.2. The Kier molecular flexibility index (Phi) is 3.59. The Morgan fingerprint density at radius 1 is 1.57 bits per heavy atom. The predicted octanol–water partition coefficient (Wildman–Crippen LogP) is 1.82. The van der Waals surface area contributed by atoms with E-state index in [0.29, 0.717) is 10.6 Å². The van der Waals surface area contributed by atoms with E-state index >= 15 is 0 Å². The summed E-state index contributed by atoms with van der Waals surface area (Å²) in [4.78, 5) is 20.0. The number of aryl methyl sites for hydroxylation is 2. The molecule has 1 atom stereocenters. The van der Waals surface area contributed by atoms with E-state index in [2.05, 4.69) is 11.1 Å². The van der Waals surface area contributed by atoms with Crippen LogP contribution in [0.2, 0.25) is 0 Å². The number of aromatic nitrogens is 1. The minimum Gasteiger partial charge on any atom is -0.397 e. The molecule has 112 valence electrons. The van der Waals surface area contributed by atoms with Crippen molar-refractivity contribution in [2.45, 2.75) is 32.2 Å². The summed E-state index contributed by atoms with van der Waals surface area (Å²) in [5.41, 5.74) is 9.08. The number of thiophene rings is 1. The van der Waals surface area contributed by atoms with Crippen LogP contribution in [0.25, 0.3) is 10.2 Å². The van der Waals surface area contributed by atoms with Crippen molar-refractivity contribution < 1.29 is 9.90 Å². The quantitative estimate of drug-likeness (QED) is 0.906. The minimum atomic E-state index is -0.236. The Labute approximate surface area is 127 Å². The number of fused-ring (bicyclic) bond motifs is 2. The average Bonchev–Trinajstić information content (AvgIpc) is 3.07. The number of nitrogens with two attached hydrogens (primary N) is 1. The van der Waals surface area contributed by atoms with Gasteiger partial charge in [0.2, 0.25) is 0 Å². The first-order chi connectivity index (χ1) is 10.0. The van der Waals surface area contributed by atoms with E-state index in [9.17, 15) is 9.90 Å². The summed E-state index contributed by atoms with van der Waals surface area (Å²) in [6, 6.07) is 1.85. The summed E-state index contributed by atoms with van der Waals surface area (Å²) in [5, 5.41) is 10.1. The number of carbonyl (C=O) groups is 1. The van der Waals surface area contributed by atoms with E-state index < -0.39 is 0 Å². The normalized spacial score (nSPS) is 15.2. The van der Waals surface area contributed by atoms with Gasteiger partial charge in [0.15, 0.2) is 0 Å². The van der Waals surface area contributed by atoms with Crippen LogP contribution in [-0.2, 0) is 12.8 Å². The third-order valence-electron chi connectivity index (χ3n) is 4.19. The van der Waals surface area contributed by atoms with E-state index in [0.717, 1.165) is 35.2 Å². The maximum atomic E-state index is 12.5. The van der Waals surface area contributed by atoms with Crippen LogP contribution in [0.3, 0.4) is 0 Å². The summed E-state index contributed by atoms with van der Waals surface area (Å²) in [6.07, 6.45) is 3.19. The molecule has 2 aromatic heterocycles. The lowest BCUT2D eigenvalue weighted by Gasteiger charge is -2.22. The van der Waals surface area contributed by atoms with Crippen LogP contribution in [0.5, 0.6) is 0 Å². The number of hydrogen-bond acceptors (Lipinski definition) is 5. The lowest BCUT2D eigenvalue weighted by molar-refractivity contribution is 0.0688. The van der Waals surface area contributed by atoms with Crippen molar-refractivity contribution in [3.63, 3.8) is 0 Å². The maximum Gasteiger partial charge on any atom is 0.266 e. The van der Waals surface area contributed by atoms with Crippen LogP contribution in [0.15, 0.2) is 6.07 Å². The Balaban J connectivity index is 2.04. The summed E-state index contributed by atoms with van der Waals surface area (Å²) in [5.74, 6) is -0.155. The van der Waals surface area contributed by atoms with Gasteiger partial charge in [-0.3, -0.25) is 4.79 Å². The van der Waals surface area contributed by atoms with E-state index in [1.165, 1.54) is 21.8 Å². The zero-order valence-corrected chi connectivity index (χ0v) is 13.0. The molecule has 0 aliphatic heterocycles. The Hall–Kier alpha value is -1.66. The molecule has 3 rings (SSSR count). The molecular weight excluding hydrogens is 286 g/mol. The van der Waals surface area contributed by atoms with Crippen molar-refractivity contribution >= 4 is 33.1 Å². The molecule has 0 bridgehead atoms. The van der Waals surface area contributed by atoms with Gasteiger partial charge in [0.25, 0.3) is 5.91 Å². The highest BCUT2D eigenvalue weighted by Gasteiger charge is 2.24. The van der Waals surface area contributed by atoms with E-state index in [1.54, 1.807) is 14.0 Å². The number of hydrogen-bond donors (Lipinski definition) is 2. The monoisotopic (exact) mass is 305 g/mol. The fraction of sp³-hybridized carbons (Fsp3) is 0.467. The predicted molar refractivity (Wildman–Crippen MR) is 84.7 cm³/mol. The van der Waals surface area contributed by atoms with Gasteiger partial charge in [-0.05, 0) is 37.8 Å². The van der Waals surface area contributed by atoms with E-state index in [4.69, 9.17) is 5.73 Å². The van der Waals surface area contributed by atoms with Crippen molar-refractivity contribution in [1.82, 2.24) is 9.88 Å². The molecule has 6 heteroatoms. The van der Waals surface area contributed by atoms with Crippen molar-refractivity contribution in [3.8, 4) is 0 Å². The number of likely N-dealkylation sites (N-methyl/N-ethyl adjacent to an activating group) is 1. The molecule has 2 aromatic rings. The molecule has 1 amide bonds. The SMILES string of the molecule is CC(CO)N(C)C(=O)c1sc2nc3c(cc2c1N)CCC3. The topological polar surface area (TPSA) is 79.5 Å². The van der Waals surface area contributed by atoms with E-state index in [-0.39, 0.29) is 18.6 Å². The largest absolute Gasteiger partial charge is 0.397 e. The second-order valence-electron chi connectivity index (χ2n) is 5.59. The summed E-state index contributed by atoms with van der Waals surface area (Å²) < 4.78 is 0. The van der Waals surface area contributed by atoms with Crippen molar-refractivity contribution in [2.24, 2.45) is 0 Å². The van der Waals surface area contributed by atoms with Crippen LogP contribution in [0.1, 0.15) is 34.3 Å². The molecule has 5 nitrogen and oxygen atoms in total. The number of aliphatic hydroxyl groups is 1. The summed E-state index contributed by atoms with van der Waals surface area (Å²) in [6.45, 7) is 1.73. The van der Waals surface area contributed by atoms with Gasteiger partial charge >= 0.3 is 0 Å². The van der Waals surface area contributed by atoms with Gasteiger partial charge in [-0.25, -0.2) is 4.98 Å². The summed E-state index contributed by atoms with van der Waals surface area (Å²) in [7, 11) is 1.68. The van der Waals surface area contributed by atoms with Gasteiger partial charge in [-0.2, -0.15) is 0 Å². The fourth-order valence-electron chi connectivity index (χ4n) is 2.64. The molecule has 0 saturated carbocycles. The number of nitrogen functional groups attached to an aromatic ring is 1. The molecule has 0 aromatic carbocycles. The van der Waals surface area contributed by atoms with Gasteiger partial charge in [0.05, 0.1) is 18.3 Å². The molecule has 3 N–H and O–H groups in total. The number of amides is 1. The van der Waals surface area contributed by atoms with Gasteiger partial charge < -0.3 is 15.7 Å². The molecule has 0 spiro atoms. The van der Waals surface area contributed by atoms with E-state index in [1.807, 2.05) is 0 Å². The molecule has 1 aliphatic carbocycles. The Morgan fingerprint density at radius 2 is 2.33 bits per heavy atom. The lowest BCUT2D eigenvalue weighted by Crippen LogP contribution is -2.37. The van der Waals surface area contributed by atoms with Crippen molar-refractivity contribution in [2.75, 3.05) is 19.4 Å². The van der Waals surface area contributed by atoms with Crippen LogP contribution in [0, 0.1) is 0 Å². The third kappa shape index (κ3) is 2.28. The van der Waals surface area contributed by atoms with Gasteiger partial charge in [-0.1, -0.05) is 0 Å². The zero-order chi connectivity index (χ0) is 15.1. The minimum absolute atomic E-state index is 0.0699. The van der Waals surface area contributed by atoms with Gasteiger partial charge in [0.1, 0.15) is 9.71 Å². The number of pyridine rings is 1. The molecule has 0 saturated heterocycles. The Bertz CT molecular complexity index is 710. The van der Waals surface area contributed by atoms with Crippen molar-refractivity contribution in [1.29, 1.82) is 0 Å². The molecule has 1 aliphatic rings. The number of carbonyl (C=O) groups excluding carboxylic acids is 1. The van der Waals surface area contributed by atoms with Crippen LogP contribution in [-0.4, -0.2) is 40.6 Å². The molecular formula is C15H19N3O2S. The maximum absolute atomic E-state index is 12.5. The molecule has 2 heterocycles. The number of anilines is 1. The number of nitrogens with zero attached hydrogens (tertiary/aromatic N) is 2. The summed E-state index contributed by atoms with van der Waals surface area (Å²) >= 11 is 1.35. The highest BCUT2D eigenvalue weighted by atomic mass is 32.1. The van der Waals surface area contributed by atoms with Crippen LogP contribution >= 0.6 is 11.3 Å².